The summed E-state index contributed by atoms with van der Waals surface area (Å²) in [5, 5.41) is 4.31. The summed E-state index contributed by atoms with van der Waals surface area (Å²) in [5.41, 5.74) is 8.70. The first-order valence-electron chi connectivity index (χ1n) is 9.67. The van der Waals surface area contributed by atoms with Gasteiger partial charge in [0.15, 0.2) is 5.11 Å². The first-order chi connectivity index (χ1) is 13.5. The highest BCUT2D eigenvalue weighted by atomic mass is 32.1. The molecular formula is C25H28N2S. The first-order valence-corrected chi connectivity index (χ1v) is 10.1. The van der Waals surface area contributed by atoms with Crippen molar-refractivity contribution in [1.29, 1.82) is 0 Å². The van der Waals surface area contributed by atoms with E-state index in [4.69, 9.17) is 12.2 Å². The fraction of sp³-hybridized carbons (Fsp3) is 0.240. The van der Waals surface area contributed by atoms with Gasteiger partial charge in [-0.25, -0.2) is 0 Å². The lowest BCUT2D eigenvalue weighted by Crippen LogP contribution is -2.34. The van der Waals surface area contributed by atoms with Crippen molar-refractivity contribution in [2.75, 3.05) is 5.32 Å². The Hall–Kier alpha value is -2.65. The van der Waals surface area contributed by atoms with Crippen molar-refractivity contribution in [3.8, 4) is 0 Å². The van der Waals surface area contributed by atoms with Gasteiger partial charge in [-0.2, -0.15) is 0 Å². The monoisotopic (exact) mass is 388 g/mol. The van der Waals surface area contributed by atoms with E-state index in [2.05, 4.69) is 92.5 Å². The molecule has 3 rings (SSSR count). The molecule has 3 heteroatoms. The van der Waals surface area contributed by atoms with Crippen molar-refractivity contribution in [3.63, 3.8) is 0 Å². The van der Waals surface area contributed by atoms with Crippen molar-refractivity contribution in [2.45, 2.75) is 40.8 Å². The summed E-state index contributed by atoms with van der Waals surface area (Å²) in [6.45, 7) is 10.2. The number of benzene rings is 3. The summed E-state index contributed by atoms with van der Waals surface area (Å²) in [6.07, 6.45) is 0. The number of hydrogen-bond acceptors (Lipinski definition) is 1. The molecule has 2 nitrogen and oxygen atoms in total. The quantitative estimate of drug-likeness (QED) is 0.515. The summed E-state index contributed by atoms with van der Waals surface area (Å²) < 4.78 is 0. The number of hydrogen-bond donors (Lipinski definition) is 1. The summed E-state index contributed by atoms with van der Waals surface area (Å²) in [4.78, 5) is 2.23. The van der Waals surface area contributed by atoms with Gasteiger partial charge in [0.1, 0.15) is 0 Å². The van der Waals surface area contributed by atoms with Crippen LogP contribution in [-0.2, 0) is 13.1 Å². The van der Waals surface area contributed by atoms with E-state index in [1.165, 1.54) is 33.4 Å². The maximum Gasteiger partial charge on any atom is 0.174 e. The molecule has 0 aromatic heterocycles. The van der Waals surface area contributed by atoms with Crippen LogP contribution < -0.4 is 5.32 Å². The van der Waals surface area contributed by atoms with E-state index in [0.717, 1.165) is 23.9 Å². The molecule has 1 N–H and O–H groups in total. The number of thiocarbonyl (C=S) groups is 1. The lowest BCUT2D eigenvalue weighted by atomic mass is 9.99. The van der Waals surface area contributed by atoms with E-state index in [9.17, 15) is 0 Å². The van der Waals surface area contributed by atoms with Crippen molar-refractivity contribution in [2.24, 2.45) is 0 Å². The maximum absolute atomic E-state index is 5.88. The Kier molecular flexibility index (Phi) is 6.48. The van der Waals surface area contributed by atoms with Gasteiger partial charge >= 0.3 is 0 Å². The molecular weight excluding hydrogens is 360 g/mol. The molecule has 0 unspecified atom stereocenters. The number of rotatable bonds is 5. The normalized spacial score (nSPS) is 10.6. The molecule has 0 amide bonds. The zero-order valence-electron chi connectivity index (χ0n) is 17.1. The molecule has 3 aromatic carbocycles. The van der Waals surface area contributed by atoms with Gasteiger partial charge in [0.05, 0.1) is 0 Å². The minimum Gasteiger partial charge on any atom is -0.340 e. The molecule has 0 saturated heterocycles. The third kappa shape index (κ3) is 4.79. The maximum atomic E-state index is 5.88. The summed E-state index contributed by atoms with van der Waals surface area (Å²) in [5.74, 6) is 0. The van der Waals surface area contributed by atoms with Crippen LogP contribution in [-0.4, -0.2) is 10.0 Å². The fourth-order valence-corrected chi connectivity index (χ4v) is 3.63. The Labute approximate surface area is 174 Å². The highest BCUT2D eigenvalue weighted by Gasteiger charge is 2.15. The third-order valence-corrected chi connectivity index (χ3v) is 5.68. The zero-order chi connectivity index (χ0) is 20.1. The predicted molar refractivity (Wildman–Crippen MR) is 124 cm³/mol. The van der Waals surface area contributed by atoms with E-state index in [-0.39, 0.29) is 0 Å². The van der Waals surface area contributed by atoms with E-state index in [1.807, 2.05) is 12.1 Å². The highest BCUT2D eigenvalue weighted by molar-refractivity contribution is 7.80. The largest absolute Gasteiger partial charge is 0.340 e. The Bertz CT molecular complexity index is 882. The lowest BCUT2D eigenvalue weighted by molar-refractivity contribution is 0.413. The summed E-state index contributed by atoms with van der Waals surface area (Å²) >= 11 is 5.88. The number of nitrogens with zero attached hydrogens (tertiary/aromatic N) is 1. The van der Waals surface area contributed by atoms with Gasteiger partial charge in [-0.3, -0.25) is 0 Å². The topological polar surface area (TPSA) is 15.3 Å². The Balaban J connectivity index is 1.88. The molecule has 0 saturated carbocycles. The van der Waals surface area contributed by atoms with Gasteiger partial charge in [0, 0.05) is 18.8 Å². The Morgan fingerprint density at radius 1 is 0.750 bits per heavy atom. The van der Waals surface area contributed by atoms with Crippen LogP contribution in [0.4, 0.5) is 5.69 Å². The molecule has 0 aliphatic rings. The molecule has 0 bridgehead atoms. The second kappa shape index (κ2) is 9.03. The van der Waals surface area contributed by atoms with Gasteiger partial charge < -0.3 is 10.2 Å². The molecule has 0 heterocycles. The Morgan fingerprint density at radius 3 is 1.61 bits per heavy atom. The van der Waals surface area contributed by atoms with Crippen LogP contribution in [0.15, 0.2) is 66.7 Å². The minimum atomic E-state index is 0.754. The van der Waals surface area contributed by atoms with Gasteiger partial charge in [-0.1, -0.05) is 66.7 Å². The van der Waals surface area contributed by atoms with Gasteiger partial charge in [0.25, 0.3) is 0 Å². The lowest BCUT2D eigenvalue weighted by Gasteiger charge is -2.28. The van der Waals surface area contributed by atoms with E-state index < -0.39 is 0 Å². The first kappa shape index (κ1) is 20.1. The second-order valence-electron chi connectivity index (χ2n) is 7.39. The molecule has 0 aliphatic carbocycles. The minimum absolute atomic E-state index is 0.754. The summed E-state index contributed by atoms with van der Waals surface area (Å²) in [7, 11) is 0. The Morgan fingerprint density at radius 2 is 1.18 bits per heavy atom. The standard InChI is InChI=1S/C25H28N2S/c1-18-15-19(2)21(4)24(20(18)3)26-25(28)27(16-22-11-7-5-8-12-22)17-23-13-9-6-10-14-23/h5-15H,16-17H2,1-4H3,(H,26,28). The molecule has 144 valence electrons. The van der Waals surface area contributed by atoms with Crippen molar-refractivity contribution in [1.82, 2.24) is 4.90 Å². The average molecular weight is 389 g/mol. The highest BCUT2D eigenvalue weighted by Crippen LogP contribution is 2.27. The third-order valence-electron chi connectivity index (χ3n) is 5.32. The van der Waals surface area contributed by atoms with E-state index >= 15 is 0 Å². The van der Waals surface area contributed by atoms with Crippen LogP contribution in [0.5, 0.6) is 0 Å². The van der Waals surface area contributed by atoms with Gasteiger partial charge in [0.2, 0.25) is 0 Å². The van der Waals surface area contributed by atoms with Gasteiger partial charge in [-0.05, 0) is 73.3 Å². The SMILES string of the molecule is Cc1cc(C)c(C)c(NC(=S)N(Cc2ccccc2)Cc2ccccc2)c1C. The summed E-state index contributed by atoms with van der Waals surface area (Å²) in [6, 6.07) is 23.2. The molecule has 0 aliphatic heterocycles. The van der Waals surface area contributed by atoms with Crippen LogP contribution >= 0.6 is 12.2 Å². The van der Waals surface area contributed by atoms with Crippen molar-refractivity contribution >= 4 is 23.0 Å². The molecule has 0 fully saturated rings. The van der Waals surface area contributed by atoms with E-state index in [1.54, 1.807) is 0 Å². The molecule has 28 heavy (non-hydrogen) atoms. The molecule has 0 radical (unpaired) electrons. The average Bonchev–Trinajstić information content (AvgIpc) is 2.70. The fourth-order valence-electron chi connectivity index (χ4n) is 3.40. The van der Waals surface area contributed by atoms with Crippen molar-refractivity contribution < 1.29 is 0 Å². The molecule has 0 atom stereocenters. The zero-order valence-corrected chi connectivity index (χ0v) is 17.9. The second-order valence-corrected chi connectivity index (χ2v) is 7.78. The number of nitrogens with one attached hydrogen (secondary N) is 1. The number of anilines is 1. The molecule has 3 aromatic rings. The van der Waals surface area contributed by atoms with Gasteiger partial charge in [-0.15, -0.1) is 0 Å². The van der Waals surface area contributed by atoms with Crippen LogP contribution in [0, 0.1) is 27.7 Å². The molecule has 0 spiro atoms. The van der Waals surface area contributed by atoms with Crippen LogP contribution in [0.25, 0.3) is 0 Å². The van der Waals surface area contributed by atoms with Crippen LogP contribution in [0.2, 0.25) is 0 Å². The smallest absolute Gasteiger partial charge is 0.174 e. The van der Waals surface area contributed by atoms with Crippen molar-refractivity contribution in [3.05, 3.63) is 100 Å². The van der Waals surface area contributed by atoms with E-state index in [0.29, 0.717) is 0 Å². The van der Waals surface area contributed by atoms with Crippen LogP contribution in [0.1, 0.15) is 33.4 Å². The predicted octanol–water partition coefficient (Wildman–Crippen LogP) is 6.32. The number of aryl methyl sites for hydroxylation is 2. The van der Waals surface area contributed by atoms with Crippen LogP contribution in [0.3, 0.4) is 0 Å².